The van der Waals surface area contributed by atoms with E-state index in [1.807, 2.05) is 30.3 Å². The third-order valence-corrected chi connectivity index (χ3v) is 6.15. The van der Waals surface area contributed by atoms with E-state index in [0.717, 1.165) is 5.56 Å². The average Bonchev–Trinajstić information content (AvgIpc) is 3.16. The number of aliphatic carboxylic acids is 1. The Morgan fingerprint density at radius 1 is 1.29 bits per heavy atom. The Morgan fingerprint density at radius 2 is 2.03 bits per heavy atom. The molecule has 0 bridgehead atoms. The maximum atomic E-state index is 13.3. The van der Waals surface area contributed by atoms with E-state index in [4.69, 9.17) is 9.47 Å². The van der Waals surface area contributed by atoms with E-state index in [1.165, 1.54) is 4.90 Å². The summed E-state index contributed by atoms with van der Waals surface area (Å²) < 4.78 is 10.7. The van der Waals surface area contributed by atoms with E-state index in [-0.39, 0.29) is 24.5 Å². The number of carbonyl (C=O) groups is 3. The summed E-state index contributed by atoms with van der Waals surface area (Å²) in [5.41, 5.74) is 1.09. The lowest BCUT2D eigenvalue weighted by molar-refractivity contribution is -0.152. The van der Waals surface area contributed by atoms with Gasteiger partial charge in [-0.2, -0.15) is 0 Å². The third-order valence-electron chi connectivity index (χ3n) is 6.15. The number of nitrogens with zero attached hydrogens (tertiary/aromatic N) is 1. The molecule has 8 nitrogen and oxygen atoms in total. The molecule has 3 rings (SSSR count). The summed E-state index contributed by atoms with van der Waals surface area (Å²) in [5, 5.41) is 12.8. The van der Waals surface area contributed by atoms with Gasteiger partial charge in [-0.05, 0) is 45.1 Å². The van der Waals surface area contributed by atoms with E-state index in [9.17, 15) is 19.5 Å². The van der Waals surface area contributed by atoms with Gasteiger partial charge < -0.3 is 19.5 Å². The highest BCUT2D eigenvalue weighted by molar-refractivity contribution is 5.88. The van der Waals surface area contributed by atoms with Gasteiger partial charge in [0.25, 0.3) is 0 Å². The second-order valence-electron chi connectivity index (χ2n) is 8.24. The lowest BCUT2D eigenvalue weighted by Crippen LogP contribution is -2.56. The third kappa shape index (κ3) is 5.62. The molecule has 1 aromatic rings. The molecule has 170 valence electrons. The van der Waals surface area contributed by atoms with E-state index < -0.39 is 30.1 Å². The normalized spacial score (nSPS) is 24.8. The first kappa shape index (κ1) is 23.2. The van der Waals surface area contributed by atoms with Crippen molar-refractivity contribution in [2.45, 2.75) is 63.7 Å². The Balaban J connectivity index is 1.70. The molecule has 2 saturated heterocycles. The minimum Gasteiger partial charge on any atom is -0.480 e. The van der Waals surface area contributed by atoms with Crippen molar-refractivity contribution in [1.29, 1.82) is 0 Å². The Kier molecular flexibility index (Phi) is 8.03. The fourth-order valence-corrected chi connectivity index (χ4v) is 4.61. The number of hydrogen-bond acceptors (Lipinski definition) is 6. The highest BCUT2D eigenvalue weighted by atomic mass is 16.5. The molecule has 0 aromatic heterocycles. The number of esters is 1. The van der Waals surface area contributed by atoms with Crippen LogP contribution < -0.4 is 5.32 Å². The molecule has 1 aromatic carbocycles. The van der Waals surface area contributed by atoms with Crippen molar-refractivity contribution in [3.05, 3.63) is 35.9 Å². The minimum atomic E-state index is -0.999. The molecule has 0 radical (unpaired) electrons. The molecule has 0 spiro atoms. The lowest BCUT2D eigenvalue weighted by atomic mass is 9.96. The monoisotopic (exact) mass is 432 g/mol. The van der Waals surface area contributed by atoms with Gasteiger partial charge in [-0.25, -0.2) is 4.79 Å². The summed E-state index contributed by atoms with van der Waals surface area (Å²) in [6.45, 7) is 4.67. The number of carboxylic acids is 1. The van der Waals surface area contributed by atoms with Crippen molar-refractivity contribution in [2.24, 2.45) is 5.92 Å². The molecule has 2 aliphatic rings. The van der Waals surface area contributed by atoms with Gasteiger partial charge in [0.15, 0.2) is 0 Å². The van der Waals surface area contributed by atoms with Gasteiger partial charge in [0, 0.05) is 18.6 Å². The highest BCUT2D eigenvalue weighted by Gasteiger charge is 2.49. The molecule has 3 unspecified atom stereocenters. The summed E-state index contributed by atoms with van der Waals surface area (Å²) in [7, 11) is 0. The van der Waals surface area contributed by atoms with Crippen molar-refractivity contribution in [3.8, 4) is 0 Å². The van der Waals surface area contributed by atoms with Gasteiger partial charge >= 0.3 is 11.9 Å². The van der Waals surface area contributed by atoms with E-state index in [0.29, 0.717) is 38.9 Å². The summed E-state index contributed by atoms with van der Waals surface area (Å²) in [6.07, 6.45) is 2.15. The van der Waals surface area contributed by atoms with Crippen LogP contribution in [0.4, 0.5) is 0 Å². The van der Waals surface area contributed by atoms with Crippen LogP contribution in [0.3, 0.4) is 0 Å². The van der Waals surface area contributed by atoms with Crippen molar-refractivity contribution in [3.63, 3.8) is 0 Å². The van der Waals surface area contributed by atoms with Crippen molar-refractivity contribution in [1.82, 2.24) is 10.2 Å². The molecule has 0 aliphatic carbocycles. The molecule has 31 heavy (non-hydrogen) atoms. The zero-order valence-corrected chi connectivity index (χ0v) is 18.2. The predicted molar refractivity (Wildman–Crippen MR) is 113 cm³/mol. The van der Waals surface area contributed by atoms with Crippen LogP contribution in [0.25, 0.3) is 0 Å². The molecule has 2 fully saturated rings. The molecule has 8 heteroatoms. The lowest BCUT2D eigenvalue weighted by Gasteiger charge is -2.35. The van der Waals surface area contributed by atoms with Gasteiger partial charge in [-0.1, -0.05) is 30.3 Å². The minimum absolute atomic E-state index is 0.0323. The smallest absolute Gasteiger partial charge is 0.326 e. The summed E-state index contributed by atoms with van der Waals surface area (Å²) >= 11 is 0. The quantitative estimate of drug-likeness (QED) is 0.571. The number of hydrogen-bond donors (Lipinski definition) is 2. The molecular weight excluding hydrogens is 400 g/mol. The maximum Gasteiger partial charge on any atom is 0.326 e. The van der Waals surface area contributed by atoms with E-state index in [2.05, 4.69) is 5.32 Å². The zero-order valence-electron chi connectivity index (χ0n) is 18.2. The molecule has 0 saturated carbocycles. The first-order chi connectivity index (χ1) is 14.9. The maximum absolute atomic E-state index is 13.3. The number of rotatable bonds is 9. The number of amides is 1. The molecular formula is C23H32N2O6. The fraction of sp³-hybridized carbons (Fsp3) is 0.609. The molecule has 2 heterocycles. The van der Waals surface area contributed by atoms with Crippen molar-refractivity contribution >= 4 is 17.8 Å². The van der Waals surface area contributed by atoms with Crippen LogP contribution in [0, 0.1) is 5.92 Å². The zero-order chi connectivity index (χ0) is 22.4. The summed E-state index contributed by atoms with van der Waals surface area (Å²) in [4.78, 5) is 39.2. The summed E-state index contributed by atoms with van der Waals surface area (Å²) in [6, 6.07) is 7.42. The molecule has 1 amide bonds. The van der Waals surface area contributed by atoms with Crippen LogP contribution in [0.15, 0.2) is 30.3 Å². The fourth-order valence-electron chi connectivity index (χ4n) is 4.61. The average molecular weight is 433 g/mol. The van der Waals surface area contributed by atoms with Crippen LogP contribution in [0.5, 0.6) is 0 Å². The number of likely N-dealkylation sites (tertiary alicyclic amines) is 1. The number of nitrogens with one attached hydrogen (secondary N) is 1. The van der Waals surface area contributed by atoms with Crippen LogP contribution in [0.2, 0.25) is 0 Å². The largest absolute Gasteiger partial charge is 0.480 e. The van der Waals surface area contributed by atoms with Crippen molar-refractivity contribution < 1.29 is 29.0 Å². The van der Waals surface area contributed by atoms with Gasteiger partial charge in [0.05, 0.1) is 19.3 Å². The molecule has 2 aliphatic heterocycles. The SMILES string of the molecule is CCOC(=O)[C@H](CCc1ccccc1)NC(C)C(=O)N1C2CCOCC2C[C@H]1C(=O)O. The first-order valence-electron chi connectivity index (χ1n) is 11.0. The number of carbonyl (C=O) groups excluding carboxylic acids is 2. The standard InChI is InChI=1S/C23H32N2O6/c1-3-31-23(29)18(10-9-16-7-5-4-6-8-16)24-15(2)21(26)25-19-11-12-30-14-17(19)13-20(25)22(27)28/h4-8,15,17-20,24H,3,9-14H2,1-2H3,(H,27,28)/t15?,17?,18-,19?,20-/m0/s1. The summed E-state index contributed by atoms with van der Waals surface area (Å²) in [5.74, 6) is -1.67. The second-order valence-corrected chi connectivity index (χ2v) is 8.24. The first-order valence-corrected chi connectivity index (χ1v) is 11.0. The van der Waals surface area contributed by atoms with Crippen LogP contribution in [-0.4, -0.2) is 71.8 Å². The van der Waals surface area contributed by atoms with Crippen LogP contribution in [0.1, 0.15) is 38.7 Å². The number of ether oxygens (including phenoxy) is 2. The number of benzene rings is 1. The molecule has 2 N–H and O–H groups in total. The van der Waals surface area contributed by atoms with E-state index >= 15 is 0 Å². The Bertz CT molecular complexity index is 771. The van der Waals surface area contributed by atoms with Crippen molar-refractivity contribution in [2.75, 3.05) is 19.8 Å². The highest BCUT2D eigenvalue weighted by Crippen LogP contribution is 2.35. The van der Waals surface area contributed by atoms with Gasteiger partial charge in [0.2, 0.25) is 5.91 Å². The number of carboxylic acid groups (broad SMARTS) is 1. The van der Waals surface area contributed by atoms with Gasteiger partial charge in [-0.15, -0.1) is 0 Å². The number of fused-ring (bicyclic) bond motifs is 1. The topological polar surface area (TPSA) is 105 Å². The van der Waals surface area contributed by atoms with Crippen LogP contribution >= 0.6 is 0 Å². The van der Waals surface area contributed by atoms with Crippen LogP contribution in [-0.2, 0) is 30.3 Å². The van der Waals surface area contributed by atoms with Gasteiger partial charge in [-0.3, -0.25) is 14.9 Å². The second kappa shape index (κ2) is 10.7. The predicted octanol–water partition coefficient (Wildman–Crippen LogP) is 1.62. The Hall–Kier alpha value is -2.45. The number of aryl methyl sites for hydroxylation is 1. The van der Waals surface area contributed by atoms with Gasteiger partial charge in [0.1, 0.15) is 12.1 Å². The Morgan fingerprint density at radius 3 is 2.71 bits per heavy atom. The molecule has 5 atom stereocenters. The van der Waals surface area contributed by atoms with E-state index in [1.54, 1.807) is 13.8 Å². The Labute approximate surface area is 182 Å².